The van der Waals surface area contributed by atoms with Crippen LogP contribution in [0.15, 0.2) is 4.52 Å². The zero-order chi connectivity index (χ0) is 13.0. The standard InChI is InChI=1S/C13H23N3OS/c1-9(2)7-18-8-12-15-13(17-16-12)10-3-5-11(14)6-4-10/h9-11H,3-8,14H2,1-2H3. The molecule has 0 atom stereocenters. The quantitative estimate of drug-likeness (QED) is 0.890. The number of nitrogens with two attached hydrogens (primary N) is 1. The molecule has 0 aliphatic heterocycles. The van der Waals surface area contributed by atoms with E-state index >= 15 is 0 Å². The number of rotatable bonds is 5. The molecule has 2 N–H and O–H groups in total. The molecule has 2 rings (SSSR count). The Hall–Kier alpha value is -0.550. The van der Waals surface area contributed by atoms with Gasteiger partial charge in [0, 0.05) is 12.0 Å². The molecule has 0 aromatic carbocycles. The lowest BCUT2D eigenvalue weighted by Crippen LogP contribution is -2.25. The van der Waals surface area contributed by atoms with E-state index in [1.807, 2.05) is 11.8 Å². The van der Waals surface area contributed by atoms with Crippen LogP contribution in [0.3, 0.4) is 0 Å². The molecule has 1 aliphatic carbocycles. The van der Waals surface area contributed by atoms with Crippen molar-refractivity contribution in [3.8, 4) is 0 Å². The second-order valence-electron chi connectivity index (χ2n) is 5.57. The lowest BCUT2D eigenvalue weighted by molar-refractivity contribution is 0.300. The molecule has 1 aromatic heterocycles. The summed E-state index contributed by atoms with van der Waals surface area (Å²) >= 11 is 1.87. The van der Waals surface area contributed by atoms with Gasteiger partial charge in [0.1, 0.15) is 0 Å². The summed E-state index contributed by atoms with van der Waals surface area (Å²) < 4.78 is 5.38. The zero-order valence-electron chi connectivity index (χ0n) is 11.3. The highest BCUT2D eigenvalue weighted by atomic mass is 32.2. The molecule has 102 valence electrons. The van der Waals surface area contributed by atoms with Crippen molar-refractivity contribution in [1.29, 1.82) is 0 Å². The fourth-order valence-corrected chi connectivity index (χ4v) is 3.13. The third kappa shape index (κ3) is 3.99. The Morgan fingerprint density at radius 1 is 1.33 bits per heavy atom. The smallest absolute Gasteiger partial charge is 0.229 e. The van der Waals surface area contributed by atoms with Gasteiger partial charge in [0.25, 0.3) is 0 Å². The van der Waals surface area contributed by atoms with Crippen LogP contribution in [0.2, 0.25) is 0 Å². The predicted octanol–water partition coefficient (Wildman–Crippen LogP) is 2.94. The molecule has 0 bridgehead atoms. The largest absolute Gasteiger partial charge is 0.339 e. The van der Waals surface area contributed by atoms with Crippen LogP contribution in [0.4, 0.5) is 0 Å². The van der Waals surface area contributed by atoms with E-state index in [0.717, 1.165) is 48.9 Å². The third-order valence-electron chi connectivity index (χ3n) is 3.29. The minimum atomic E-state index is 0.366. The molecule has 5 heteroatoms. The van der Waals surface area contributed by atoms with Crippen LogP contribution < -0.4 is 5.73 Å². The zero-order valence-corrected chi connectivity index (χ0v) is 12.1. The normalized spacial score (nSPS) is 24.7. The van der Waals surface area contributed by atoms with Gasteiger partial charge in [0.05, 0.1) is 5.75 Å². The first-order valence-corrected chi connectivity index (χ1v) is 7.96. The minimum absolute atomic E-state index is 0.366. The number of aromatic nitrogens is 2. The minimum Gasteiger partial charge on any atom is -0.339 e. The van der Waals surface area contributed by atoms with Crippen LogP contribution in [0.25, 0.3) is 0 Å². The van der Waals surface area contributed by atoms with Crippen LogP contribution in [0.5, 0.6) is 0 Å². The van der Waals surface area contributed by atoms with E-state index in [4.69, 9.17) is 10.3 Å². The van der Waals surface area contributed by atoms with Crippen molar-refractivity contribution in [2.24, 2.45) is 11.7 Å². The average Bonchev–Trinajstić information content (AvgIpc) is 2.78. The Bertz CT molecular complexity index is 359. The summed E-state index contributed by atoms with van der Waals surface area (Å²) in [5.74, 6) is 4.80. The van der Waals surface area contributed by atoms with E-state index in [1.54, 1.807) is 0 Å². The van der Waals surface area contributed by atoms with Gasteiger partial charge in [-0.05, 0) is 37.4 Å². The Balaban J connectivity index is 1.82. The van der Waals surface area contributed by atoms with E-state index in [0.29, 0.717) is 17.9 Å². The van der Waals surface area contributed by atoms with Crippen LogP contribution in [0, 0.1) is 5.92 Å². The molecule has 1 fully saturated rings. The lowest BCUT2D eigenvalue weighted by atomic mass is 9.86. The molecule has 1 aliphatic rings. The van der Waals surface area contributed by atoms with Gasteiger partial charge < -0.3 is 10.3 Å². The van der Waals surface area contributed by atoms with Crippen molar-refractivity contribution < 1.29 is 4.52 Å². The van der Waals surface area contributed by atoms with Gasteiger partial charge in [0.2, 0.25) is 5.89 Å². The fourth-order valence-electron chi connectivity index (χ4n) is 2.24. The van der Waals surface area contributed by atoms with Crippen LogP contribution in [0.1, 0.15) is 57.2 Å². The third-order valence-corrected chi connectivity index (χ3v) is 4.65. The predicted molar refractivity (Wildman–Crippen MR) is 74.5 cm³/mol. The Kier molecular flexibility index (Phi) is 5.06. The molecule has 4 nitrogen and oxygen atoms in total. The van der Waals surface area contributed by atoms with Crippen molar-refractivity contribution in [2.75, 3.05) is 5.75 Å². The van der Waals surface area contributed by atoms with Crippen LogP contribution in [-0.2, 0) is 5.75 Å². The van der Waals surface area contributed by atoms with Gasteiger partial charge in [-0.15, -0.1) is 0 Å². The summed E-state index contributed by atoms with van der Waals surface area (Å²) in [7, 11) is 0. The average molecular weight is 269 g/mol. The van der Waals surface area contributed by atoms with E-state index in [1.165, 1.54) is 0 Å². The molecular formula is C13H23N3OS. The number of nitrogens with zero attached hydrogens (tertiary/aromatic N) is 2. The molecule has 0 radical (unpaired) electrons. The topological polar surface area (TPSA) is 64.9 Å². The van der Waals surface area contributed by atoms with Crippen LogP contribution >= 0.6 is 11.8 Å². The molecular weight excluding hydrogens is 246 g/mol. The van der Waals surface area contributed by atoms with E-state index in [-0.39, 0.29) is 0 Å². The first kappa shape index (κ1) is 13.9. The Morgan fingerprint density at radius 3 is 2.72 bits per heavy atom. The molecule has 1 saturated carbocycles. The van der Waals surface area contributed by atoms with E-state index in [2.05, 4.69) is 24.0 Å². The van der Waals surface area contributed by atoms with E-state index in [9.17, 15) is 0 Å². The maximum absolute atomic E-state index is 5.90. The Labute approximate surface area is 113 Å². The molecule has 0 spiro atoms. The lowest BCUT2D eigenvalue weighted by Gasteiger charge is -2.22. The fraction of sp³-hybridized carbons (Fsp3) is 0.846. The summed E-state index contributed by atoms with van der Waals surface area (Å²) in [6.45, 7) is 4.44. The summed E-state index contributed by atoms with van der Waals surface area (Å²) in [6.07, 6.45) is 4.32. The monoisotopic (exact) mass is 269 g/mol. The van der Waals surface area contributed by atoms with Crippen molar-refractivity contribution in [3.63, 3.8) is 0 Å². The molecule has 1 aromatic rings. The second-order valence-corrected chi connectivity index (χ2v) is 6.60. The van der Waals surface area contributed by atoms with Crippen molar-refractivity contribution in [2.45, 2.75) is 57.2 Å². The van der Waals surface area contributed by atoms with Gasteiger partial charge in [-0.2, -0.15) is 16.7 Å². The van der Waals surface area contributed by atoms with Crippen LogP contribution in [-0.4, -0.2) is 21.9 Å². The van der Waals surface area contributed by atoms with Gasteiger partial charge >= 0.3 is 0 Å². The molecule has 0 amide bonds. The first-order valence-electron chi connectivity index (χ1n) is 6.81. The van der Waals surface area contributed by atoms with Crippen molar-refractivity contribution >= 4 is 11.8 Å². The maximum atomic E-state index is 5.90. The first-order chi connectivity index (χ1) is 8.65. The summed E-state index contributed by atoms with van der Waals surface area (Å²) in [5, 5.41) is 4.07. The highest BCUT2D eigenvalue weighted by molar-refractivity contribution is 7.98. The van der Waals surface area contributed by atoms with Crippen molar-refractivity contribution in [3.05, 3.63) is 11.7 Å². The maximum Gasteiger partial charge on any atom is 0.229 e. The van der Waals surface area contributed by atoms with Gasteiger partial charge in [-0.3, -0.25) is 0 Å². The highest BCUT2D eigenvalue weighted by Gasteiger charge is 2.24. The van der Waals surface area contributed by atoms with E-state index < -0.39 is 0 Å². The Morgan fingerprint density at radius 2 is 2.06 bits per heavy atom. The molecule has 18 heavy (non-hydrogen) atoms. The summed E-state index contributed by atoms with van der Waals surface area (Å²) in [6, 6.07) is 0.366. The van der Waals surface area contributed by atoms with Gasteiger partial charge in [-0.25, -0.2) is 0 Å². The molecule has 0 saturated heterocycles. The second kappa shape index (κ2) is 6.57. The highest BCUT2D eigenvalue weighted by Crippen LogP contribution is 2.31. The van der Waals surface area contributed by atoms with Crippen molar-refractivity contribution in [1.82, 2.24) is 10.1 Å². The number of thioether (sulfide) groups is 1. The number of hydrogen-bond acceptors (Lipinski definition) is 5. The number of hydrogen-bond donors (Lipinski definition) is 1. The van der Waals surface area contributed by atoms with Gasteiger partial charge in [0.15, 0.2) is 5.82 Å². The van der Waals surface area contributed by atoms with Gasteiger partial charge in [-0.1, -0.05) is 19.0 Å². The molecule has 1 heterocycles. The molecule has 0 unspecified atom stereocenters. The summed E-state index contributed by atoms with van der Waals surface area (Å²) in [5.41, 5.74) is 5.90. The SMILES string of the molecule is CC(C)CSCc1noc(C2CCC(N)CC2)n1. The summed E-state index contributed by atoms with van der Waals surface area (Å²) in [4.78, 5) is 4.52.